The first-order chi connectivity index (χ1) is 18.1. The van der Waals surface area contributed by atoms with Crippen molar-refractivity contribution >= 4 is 32.7 Å². The van der Waals surface area contributed by atoms with Crippen LogP contribution in [0.3, 0.4) is 0 Å². The fraction of sp³-hybridized carbons (Fsp3) is 0.370. The zero-order chi connectivity index (χ0) is 26.8. The number of fused-ring (bicyclic) bond motifs is 1. The minimum Gasteiger partial charge on any atom is -0.361 e. The van der Waals surface area contributed by atoms with Gasteiger partial charge in [0.15, 0.2) is 0 Å². The predicted molar refractivity (Wildman–Crippen MR) is 141 cm³/mol. The minimum atomic E-state index is -3.35. The highest BCUT2D eigenvalue weighted by Gasteiger charge is 2.39. The number of aromatic nitrogens is 3. The van der Waals surface area contributed by atoms with E-state index in [0.717, 1.165) is 27.9 Å². The van der Waals surface area contributed by atoms with Gasteiger partial charge in [-0.3, -0.25) is 4.79 Å². The number of aryl methyl sites for hydroxylation is 2. The first kappa shape index (κ1) is 24.7. The van der Waals surface area contributed by atoms with Gasteiger partial charge in [-0.25, -0.2) is 22.1 Å². The lowest BCUT2D eigenvalue weighted by Gasteiger charge is -2.27. The summed E-state index contributed by atoms with van der Waals surface area (Å²) in [6.45, 7) is 4.49. The third-order valence-electron chi connectivity index (χ3n) is 7.60. The Morgan fingerprint density at radius 3 is 2.61 bits per heavy atom. The van der Waals surface area contributed by atoms with Gasteiger partial charge in [-0.15, -0.1) is 0 Å². The maximum atomic E-state index is 14.1. The summed E-state index contributed by atoms with van der Waals surface area (Å²) >= 11 is 0. The van der Waals surface area contributed by atoms with E-state index in [1.165, 1.54) is 22.7 Å². The molecule has 2 atom stereocenters. The largest absolute Gasteiger partial charge is 0.361 e. The van der Waals surface area contributed by atoms with Gasteiger partial charge >= 0.3 is 0 Å². The van der Waals surface area contributed by atoms with Gasteiger partial charge in [0.25, 0.3) is 0 Å². The van der Waals surface area contributed by atoms with Crippen molar-refractivity contribution in [2.75, 3.05) is 24.2 Å². The number of carbonyl (C=O) groups is 1. The van der Waals surface area contributed by atoms with Gasteiger partial charge in [0.2, 0.25) is 15.9 Å². The highest BCUT2D eigenvalue weighted by atomic mass is 32.2. The molecule has 11 heteroatoms. The number of amides is 1. The van der Waals surface area contributed by atoms with E-state index in [4.69, 9.17) is 9.51 Å². The van der Waals surface area contributed by atoms with Crippen LogP contribution in [0.25, 0.3) is 22.2 Å². The Hall–Kier alpha value is -3.57. The van der Waals surface area contributed by atoms with Gasteiger partial charge in [0, 0.05) is 30.8 Å². The second-order valence-corrected chi connectivity index (χ2v) is 12.1. The monoisotopic (exact) mass is 537 g/mol. The van der Waals surface area contributed by atoms with E-state index in [1.807, 2.05) is 32.0 Å². The van der Waals surface area contributed by atoms with Crippen molar-refractivity contribution in [1.29, 1.82) is 0 Å². The number of carbonyl (C=O) groups excluding carboxylic acids is 1. The van der Waals surface area contributed by atoms with Crippen molar-refractivity contribution in [3.8, 4) is 11.1 Å². The van der Waals surface area contributed by atoms with Gasteiger partial charge in [-0.1, -0.05) is 17.3 Å². The molecule has 0 radical (unpaired) electrons. The number of hydrogen-bond acceptors (Lipinski definition) is 6. The number of nitrogens with zero attached hydrogens (tertiary/aromatic N) is 5. The molecule has 0 saturated carbocycles. The summed E-state index contributed by atoms with van der Waals surface area (Å²) in [6, 6.07) is 11.4. The molecule has 6 rings (SSSR count). The van der Waals surface area contributed by atoms with Crippen LogP contribution in [0.1, 0.15) is 48.6 Å². The topological polar surface area (TPSA) is 102 Å². The third kappa shape index (κ3) is 4.10. The number of rotatable bonds is 5. The summed E-state index contributed by atoms with van der Waals surface area (Å²) in [6.07, 6.45) is 2.68. The first-order valence-corrected chi connectivity index (χ1v) is 14.4. The summed E-state index contributed by atoms with van der Waals surface area (Å²) in [7, 11) is -3.35. The summed E-state index contributed by atoms with van der Waals surface area (Å²) in [5.74, 6) is 0.865. The highest BCUT2D eigenvalue weighted by Crippen LogP contribution is 2.41. The smallest absolute Gasteiger partial charge is 0.227 e. The molecule has 0 N–H and O–H groups in total. The van der Waals surface area contributed by atoms with Crippen molar-refractivity contribution in [3.05, 3.63) is 65.6 Å². The summed E-state index contributed by atoms with van der Waals surface area (Å²) in [4.78, 5) is 19.7. The predicted octanol–water partition coefficient (Wildman–Crippen LogP) is 4.52. The van der Waals surface area contributed by atoms with E-state index in [2.05, 4.69) is 9.72 Å². The van der Waals surface area contributed by atoms with E-state index < -0.39 is 21.9 Å². The lowest BCUT2D eigenvalue weighted by Crippen LogP contribution is -2.31. The molecular weight excluding hydrogens is 509 g/mol. The molecule has 2 aliphatic rings. The molecule has 4 aromatic rings. The molecule has 0 spiro atoms. The summed E-state index contributed by atoms with van der Waals surface area (Å²) in [5, 5.41) is 4.07. The van der Waals surface area contributed by atoms with Crippen molar-refractivity contribution < 1.29 is 22.1 Å². The van der Waals surface area contributed by atoms with E-state index in [-0.39, 0.29) is 11.9 Å². The number of sulfonamides is 1. The van der Waals surface area contributed by atoms with Crippen molar-refractivity contribution in [1.82, 2.24) is 19.0 Å². The fourth-order valence-corrected chi connectivity index (χ4v) is 6.77. The second-order valence-electron chi connectivity index (χ2n) is 10.1. The molecule has 0 unspecified atom stereocenters. The molecule has 2 fully saturated rings. The molecule has 9 nitrogen and oxygen atoms in total. The Kier molecular flexibility index (Phi) is 5.88. The third-order valence-corrected chi connectivity index (χ3v) is 8.87. The first-order valence-electron chi connectivity index (χ1n) is 12.6. The van der Waals surface area contributed by atoms with Crippen LogP contribution < -0.4 is 4.90 Å². The van der Waals surface area contributed by atoms with Crippen LogP contribution in [0.5, 0.6) is 0 Å². The standard InChI is InChI=1S/C27H28FN5O4S/c1-16-26(17(2)37-30-16)18-7-8-23-22(13-18)29-27(33(23)21-11-12-31(15-21)38(3,35)36)24-9-10-25(34)32(24)20-6-4-5-19(28)14-20/h4-8,13-14,21,24H,9-12,15H2,1-3H3/t21-,24-/m1/s1. The van der Waals surface area contributed by atoms with Crippen LogP contribution in [-0.4, -0.2) is 52.7 Å². The highest BCUT2D eigenvalue weighted by molar-refractivity contribution is 7.88. The van der Waals surface area contributed by atoms with Crippen molar-refractivity contribution in [3.63, 3.8) is 0 Å². The normalized spacial score (nSPS) is 20.7. The molecule has 38 heavy (non-hydrogen) atoms. The Morgan fingerprint density at radius 1 is 1.11 bits per heavy atom. The number of hydrogen-bond donors (Lipinski definition) is 0. The number of anilines is 1. The van der Waals surface area contributed by atoms with E-state index in [9.17, 15) is 17.6 Å². The second kappa shape index (κ2) is 9.02. The average molecular weight is 538 g/mol. The zero-order valence-corrected chi connectivity index (χ0v) is 22.2. The van der Waals surface area contributed by atoms with Crippen LogP contribution in [0, 0.1) is 19.7 Å². The van der Waals surface area contributed by atoms with E-state index >= 15 is 0 Å². The lowest BCUT2D eigenvalue weighted by molar-refractivity contribution is -0.117. The van der Waals surface area contributed by atoms with Crippen LogP contribution in [-0.2, 0) is 14.8 Å². The molecule has 198 valence electrons. The Labute approximate surface area is 219 Å². The van der Waals surface area contributed by atoms with E-state index in [1.54, 1.807) is 17.0 Å². The average Bonchev–Trinajstić information content (AvgIpc) is 3.63. The Morgan fingerprint density at radius 2 is 1.92 bits per heavy atom. The molecule has 2 aliphatic heterocycles. The fourth-order valence-electron chi connectivity index (χ4n) is 5.89. The van der Waals surface area contributed by atoms with Gasteiger partial charge in [0.05, 0.1) is 35.1 Å². The molecular formula is C27H28FN5O4S. The molecule has 2 aromatic carbocycles. The minimum absolute atomic E-state index is 0.0974. The SMILES string of the molecule is Cc1noc(C)c1-c1ccc2c(c1)nc([C@H]1CCC(=O)N1c1cccc(F)c1)n2[C@@H]1CCN(S(C)(=O)=O)C1. The van der Waals surface area contributed by atoms with Gasteiger partial charge < -0.3 is 14.0 Å². The summed E-state index contributed by atoms with van der Waals surface area (Å²) in [5.41, 5.74) is 4.67. The molecule has 2 aromatic heterocycles. The van der Waals surface area contributed by atoms with Crippen LogP contribution in [0.15, 0.2) is 47.0 Å². The maximum absolute atomic E-state index is 14.1. The Balaban J connectivity index is 1.51. The molecule has 4 heterocycles. The maximum Gasteiger partial charge on any atom is 0.227 e. The Bertz CT molecular complexity index is 1660. The van der Waals surface area contributed by atoms with Crippen molar-refractivity contribution in [2.24, 2.45) is 0 Å². The number of benzene rings is 2. The molecule has 1 amide bonds. The van der Waals surface area contributed by atoms with Crippen LogP contribution >= 0.6 is 0 Å². The zero-order valence-electron chi connectivity index (χ0n) is 21.4. The van der Waals surface area contributed by atoms with Gasteiger partial charge in [0.1, 0.15) is 17.4 Å². The van der Waals surface area contributed by atoms with Crippen LogP contribution in [0.4, 0.5) is 10.1 Å². The van der Waals surface area contributed by atoms with Gasteiger partial charge in [-0.2, -0.15) is 0 Å². The van der Waals surface area contributed by atoms with E-state index in [0.29, 0.717) is 49.6 Å². The number of imidazole rings is 1. The molecule has 0 bridgehead atoms. The molecule has 2 saturated heterocycles. The quantitative estimate of drug-likeness (QED) is 0.371. The summed E-state index contributed by atoms with van der Waals surface area (Å²) < 4.78 is 47.7. The molecule has 0 aliphatic carbocycles. The van der Waals surface area contributed by atoms with Crippen LogP contribution in [0.2, 0.25) is 0 Å². The lowest BCUT2D eigenvalue weighted by atomic mass is 10.0. The van der Waals surface area contributed by atoms with Gasteiger partial charge in [-0.05, 0) is 62.6 Å². The number of halogens is 1. The van der Waals surface area contributed by atoms with Crippen molar-refractivity contribution in [2.45, 2.75) is 45.2 Å².